The monoisotopic (exact) mass is 354 g/mol. The number of ether oxygens (including phenoxy) is 2. The molecule has 1 amide bonds. The molecule has 5 heteroatoms. The van der Waals surface area contributed by atoms with E-state index in [9.17, 15) is 4.79 Å². The largest absolute Gasteiger partial charge is 0.493 e. The normalized spacial score (nSPS) is 16.2. The first-order valence-corrected chi connectivity index (χ1v) is 9.18. The number of rotatable bonds is 9. The van der Waals surface area contributed by atoms with Crippen molar-refractivity contribution >= 4 is 11.6 Å². The molecular weight excluding hydrogens is 328 g/mol. The molecule has 1 aliphatic heterocycles. The van der Waals surface area contributed by atoms with Gasteiger partial charge in [0.05, 0.1) is 19.3 Å². The minimum absolute atomic E-state index is 0.0316. The molecule has 3 rings (SSSR count). The lowest BCUT2D eigenvalue weighted by Crippen LogP contribution is -2.35. The van der Waals surface area contributed by atoms with Crippen LogP contribution in [0.4, 0.5) is 5.69 Å². The summed E-state index contributed by atoms with van der Waals surface area (Å²) in [4.78, 5) is 11.9. The van der Waals surface area contributed by atoms with Crippen LogP contribution in [0, 0.1) is 0 Å². The molecule has 1 saturated heterocycles. The Labute approximate surface area is 154 Å². The van der Waals surface area contributed by atoms with Crippen molar-refractivity contribution in [1.82, 2.24) is 5.32 Å². The highest BCUT2D eigenvalue weighted by molar-refractivity contribution is 5.80. The lowest BCUT2D eigenvalue weighted by Gasteiger charge is -2.12. The van der Waals surface area contributed by atoms with E-state index in [0.29, 0.717) is 13.2 Å². The number of carbonyl (C=O) groups is 1. The highest BCUT2D eigenvalue weighted by Gasteiger charge is 2.15. The predicted octanol–water partition coefficient (Wildman–Crippen LogP) is 3.02. The van der Waals surface area contributed by atoms with Crippen molar-refractivity contribution in [3.8, 4) is 5.75 Å². The Morgan fingerprint density at radius 1 is 1.15 bits per heavy atom. The molecule has 1 fully saturated rings. The van der Waals surface area contributed by atoms with Crippen molar-refractivity contribution in [2.24, 2.45) is 0 Å². The second kappa shape index (κ2) is 9.82. The zero-order valence-corrected chi connectivity index (χ0v) is 14.9. The maximum Gasteiger partial charge on any atom is 0.239 e. The molecule has 1 unspecified atom stereocenters. The Hall–Kier alpha value is -2.53. The van der Waals surface area contributed by atoms with Crippen molar-refractivity contribution in [3.63, 3.8) is 0 Å². The Kier molecular flexibility index (Phi) is 6.90. The number of nitrogens with one attached hydrogen (secondary N) is 2. The third kappa shape index (κ3) is 6.08. The summed E-state index contributed by atoms with van der Waals surface area (Å²) in [5, 5.41) is 6.04. The molecule has 0 aromatic heterocycles. The van der Waals surface area contributed by atoms with Crippen LogP contribution in [-0.4, -0.2) is 38.3 Å². The first kappa shape index (κ1) is 18.3. The predicted molar refractivity (Wildman–Crippen MR) is 103 cm³/mol. The number of hydrogen-bond acceptors (Lipinski definition) is 4. The molecule has 26 heavy (non-hydrogen) atoms. The maximum absolute atomic E-state index is 11.9. The molecule has 0 spiro atoms. The topological polar surface area (TPSA) is 59.6 Å². The third-order valence-electron chi connectivity index (χ3n) is 4.34. The van der Waals surface area contributed by atoms with Gasteiger partial charge < -0.3 is 20.1 Å². The van der Waals surface area contributed by atoms with Gasteiger partial charge in [0.15, 0.2) is 0 Å². The van der Waals surface area contributed by atoms with Gasteiger partial charge in [-0.25, -0.2) is 0 Å². The molecule has 138 valence electrons. The second-order valence-corrected chi connectivity index (χ2v) is 6.40. The van der Waals surface area contributed by atoms with Crippen LogP contribution in [-0.2, 0) is 16.0 Å². The van der Waals surface area contributed by atoms with Gasteiger partial charge in [0.1, 0.15) is 5.75 Å². The van der Waals surface area contributed by atoms with Crippen LogP contribution < -0.4 is 15.4 Å². The van der Waals surface area contributed by atoms with Crippen LogP contribution in [0.15, 0.2) is 54.6 Å². The first-order chi connectivity index (χ1) is 12.8. The molecule has 2 N–H and O–H groups in total. The molecule has 5 nitrogen and oxygen atoms in total. The number of anilines is 1. The standard InChI is InChI=1S/C21H26N2O3/c24-21(23-15-20-10-5-12-25-20)16-22-18-8-4-9-19(14-18)26-13-11-17-6-2-1-3-7-17/h1-4,6-9,14,20,22H,5,10-13,15-16H2,(H,23,24). The van der Waals surface area contributed by atoms with Crippen LogP contribution in [0.2, 0.25) is 0 Å². The summed E-state index contributed by atoms with van der Waals surface area (Å²) in [6, 6.07) is 17.9. The van der Waals surface area contributed by atoms with Crippen molar-refractivity contribution in [2.75, 3.05) is 31.6 Å². The fourth-order valence-electron chi connectivity index (χ4n) is 2.91. The summed E-state index contributed by atoms with van der Waals surface area (Å²) in [5.41, 5.74) is 2.12. The van der Waals surface area contributed by atoms with Gasteiger partial charge >= 0.3 is 0 Å². The molecule has 1 aliphatic rings. The van der Waals surface area contributed by atoms with E-state index in [1.165, 1.54) is 5.56 Å². The molecule has 0 aliphatic carbocycles. The quantitative estimate of drug-likeness (QED) is 0.727. The Morgan fingerprint density at radius 2 is 2.04 bits per heavy atom. The van der Waals surface area contributed by atoms with Crippen LogP contribution in [0.25, 0.3) is 0 Å². The van der Waals surface area contributed by atoms with E-state index in [-0.39, 0.29) is 18.6 Å². The summed E-state index contributed by atoms with van der Waals surface area (Å²) in [7, 11) is 0. The third-order valence-corrected chi connectivity index (χ3v) is 4.34. The highest BCUT2D eigenvalue weighted by Crippen LogP contribution is 2.17. The molecule has 0 radical (unpaired) electrons. The smallest absolute Gasteiger partial charge is 0.239 e. The van der Waals surface area contributed by atoms with Gasteiger partial charge in [-0.15, -0.1) is 0 Å². The molecule has 0 saturated carbocycles. The van der Waals surface area contributed by atoms with E-state index < -0.39 is 0 Å². The highest BCUT2D eigenvalue weighted by atomic mass is 16.5. The van der Waals surface area contributed by atoms with E-state index in [0.717, 1.165) is 37.3 Å². The van der Waals surface area contributed by atoms with E-state index in [1.807, 2.05) is 42.5 Å². The summed E-state index contributed by atoms with van der Waals surface area (Å²) in [6.07, 6.45) is 3.14. The van der Waals surface area contributed by atoms with E-state index >= 15 is 0 Å². The zero-order valence-electron chi connectivity index (χ0n) is 14.9. The lowest BCUT2D eigenvalue weighted by atomic mass is 10.2. The average Bonchev–Trinajstić information content (AvgIpc) is 3.20. The summed E-state index contributed by atoms with van der Waals surface area (Å²) >= 11 is 0. The Morgan fingerprint density at radius 3 is 2.85 bits per heavy atom. The molecular formula is C21H26N2O3. The first-order valence-electron chi connectivity index (χ1n) is 9.18. The van der Waals surface area contributed by atoms with Gasteiger partial charge in [-0.05, 0) is 30.5 Å². The summed E-state index contributed by atoms with van der Waals surface area (Å²) in [5.74, 6) is 0.765. The van der Waals surface area contributed by atoms with Gasteiger partial charge in [-0.3, -0.25) is 4.79 Å². The van der Waals surface area contributed by atoms with Crippen molar-refractivity contribution in [2.45, 2.75) is 25.4 Å². The Bertz CT molecular complexity index is 685. The molecule has 2 aromatic carbocycles. The molecule has 1 atom stereocenters. The van der Waals surface area contributed by atoms with Crippen molar-refractivity contribution < 1.29 is 14.3 Å². The Balaban J connectivity index is 1.38. The lowest BCUT2D eigenvalue weighted by molar-refractivity contribution is -0.119. The van der Waals surface area contributed by atoms with Crippen LogP contribution in [0.3, 0.4) is 0 Å². The minimum Gasteiger partial charge on any atom is -0.493 e. The number of benzene rings is 2. The maximum atomic E-state index is 11.9. The van der Waals surface area contributed by atoms with E-state index in [2.05, 4.69) is 22.8 Å². The number of amides is 1. The van der Waals surface area contributed by atoms with Crippen LogP contribution in [0.1, 0.15) is 18.4 Å². The van der Waals surface area contributed by atoms with E-state index in [1.54, 1.807) is 0 Å². The second-order valence-electron chi connectivity index (χ2n) is 6.40. The zero-order chi connectivity index (χ0) is 18.0. The minimum atomic E-state index is -0.0316. The number of carbonyl (C=O) groups excluding carboxylic acids is 1. The van der Waals surface area contributed by atoms with Gasteiger partial charge in [0.2, 0.25) is 5.91 Å². The number of hydrogen-bond donors (Lipinski definition) is 2. The fraction of sp³-hybridized carbons (Fsp3) is 0.381. The van der Waals surface area contributed by atoms with Crippen molar-refractivity contribution in [3.05, 3.63) is 60.2 Å². The SMILES string of the molecule is O=C(CNc1cccc(OCCc2ccccc2)c1)NCC1CCCO1. The molecule has 0 bridgehead atoms. The molecule has 1 heterocycles. The van der Waals surface area contributed by atoms with Gasteiger partial charge in [0.25, 0.3) is 0 Å². The van der Waals surface area contributed by atoms with Crippen LogP contribution in [0.5, 0.6) is 5.75 Å². The fourth-order valence-corrected chi connectivity index (χ4v) is 2.91. The molecule has 2 aromatic rings. The average molecular weight is 354 g/mol. The van der Waals surface area contributed by atoms with Crippen LogP contribution >= 0.6 is 0 Å². The van der Waals surface area contributed by atoms with E-state index in [4.69, 9.17) is 9.47 Å². The summed E-state index contributed by atoms with van der Waals surface area (Å²) < 4.78 is 11.3. The van der Waals surface area contributed by atoms with Gasteiger partial charge in [-0.2, -0.15) is 0 Å². The van der Waals surface area contributed by atoms with Crippen molar-refractivity contribution in [1.29, 1.82) is 0 Å². The van der Waals surface area contributed by atoms with Gasteiger partial charge in [0, 0.05) is 31.3 Å². The summed E-state index contributed by atoms with van der Waals surface area (Å²) in [6.45, 7) is 2.24. The van der Waals surface area contributed by atoms with Gasteiger partial charge in [-0.1, -0.05) is 36.4 Å².